The minimum absolute atomic E-state index is 0.114. The van der Waals surface area contributed by atoms with Crippen LogP contribution < -0.4 is 0 Å². The summed E-state index contributed by atoms with van der Waals surface area (Å²) >= 11 is 0. The molecule has 0 radical (unpaired) electrons. The molecular formula is C18H34O2. The SMILES string of the molecule is CC(=O)OC1CCCCCCCC(C)(C)CCCCC1. The molecule has 0 aromatic rings. The van der Waals surface area contributed by atoms with E-state index in [1.807, 2.05) is 0 Å². The van der Waals surface area contributed by atoms with Gasteiger partial charge in [0, 0.05) is 6.92 Å². The van der Waals surface area contributed by atoms with E-state index >= 15 is 0 Å². The lowest BCUT2D eigenvalue weighted by molar-refractivity contribution is -0.147. The number of hydrogen-bond acceptors (Lipinski definition) is 2. The predicted octanol–water partition coefficient (Wildman–Crippen LogP) is 5.64. The Morgan fingerprint density at radius 1 is 0.850 bits per heavy atom. The number of hydrogen-bond donors (Lipinski definition) is 0. The van der Waals surface area contributed by atoms with Crippen molar-refractivity contribution < 1.29 is 9.53 Å². The van der Waals surface area contributed by atoms with Crippen LogP contribution in [0.1, 0.15) is 97.8 Å². The highest BCUT2D eigenvalue weighted by Crippen LogP contribution is 2.31. The lowest BCUT2D eigenvalue weighted by atomic mass is 9.81. The molecule has 1 unspecified atom stereocenters. The van der Waals surface area contributed by atoms with Gasteiger partial charge in [0.1, 0.15) is 6.10 Å². The Morgan fingerprint density at radius 2 is 1.30 bits per heavy atom. The average Bonchev–Trinajstić information content (AvgIpc) is 2.35. The zero-order valence-corrected chi connectivity index (χ0v) is 13.9. The van der Waals surface area contributed by atoms with Crippen LogP contribution in [0, 0.1) is 5.41 Å². The second-order valence-electron chi connectivity index (χ2n) is 7.30. The van der Waals surface area contributed by atoms with E-state index in [2.05, 4.69) is 13.8 Å². The van der Waals surface area contributed by atoms with Crippen molar-refractivity contribution in [1.82, 2.24) is 0 Å². The van der Waals surface area contributed by atoms with Crippen LogP contribution in [-0.2, 0) is 9.53 Å². The Labute approximate surface area is 125 Å². The topological polar surface area (TPSA) is 26.3 Å². The molecule has 1 aliphatic carbocycles. The molecule has 0 aromatic heterocycles. The molecule has 1 saturated carbocycles. The van der Waals surface area contributed by atoms with Gasteiger partial charge in [0.05, 0.1) is 0 Å². The molecule has 0 saturated heterocycles. The van der Waals surface area contributed by atoms with Gasteiger partial charge in [0.25, 0.3) is 0 Å². The van der Waals surface area contributed by atoms with Gasteiger partial charge in [-0.25, -0.2) is 0 Å². The third-order valence-electron chi connectivity index (χ3n) is 4.59. The lowest BCUT2D eigenvalue weighted by Gasteiger charge is -2.25. The van der Waals surface area contributed by atoms with Crippen molar-refractivity contribution in [2.24, 2.45) is 5.41 Å². The first-order chi connectivity index (χ1) is 9.49. The van der Waals surface area contributed by atoms with E-state index in [9.17, 15) is 4.79 Å². The van der Waals surface area contributed by atoms with Crippen LogP contribution in [0.3, 0.4) is 0 Å². The number of carbonyl (C=O) groups excluding carboxylic acids is 1. The van der Waals surface area contributed by atoms with Crippen LogP contribution in [0.4, 0.5) is 0 Å². The van der Waals surface area contributed by atoms with Crippen LogP contribution in [0.2, 0.25) is 0 Å². The first kappa shape index (κ1) is 17.5. The smallest absolute Gasteiger partial charge is 0.302 e. The minimum atomic E-state index is -0.114. The Balaban J connectivity index is 2.40. The fourth-order valence-corrected chi connectivity index (χ4v) is 3.28. The van der Waals surface area contributed by atoms with E-state index in [1.54, 1.807) is 0 Å². The molecule has 0 aromatic carbocycles. The normalized spacial score (nSPS) is 26.4. The van der Waals surface area contributed by atoms with Crippen molar-refractivity contribution in [3.8, 4) is 0 Å². The van der Waals surface area contributed by atoms with Crippen molar-refractivity contribution in [1.29, 1.82) is 0 Å². The maximum atomic E-state index is 11.2. The molecule has 0 aliphatic heterocycles. The monoisotopic (exact) mass is 282 g/mol. The Morgan fingerprint density at radius 3 is 1.85 bits per heavy atom. The zero-order chi connectivity index (χ0) is 14.8. The molecule has 1 aliphatic rings. The van der Waals surface area contributed by atoms with Crippen molar-refractivity contribution in [2.75, 3.05) is 0 Å². The maximum absolute atomic E-state index is 11.2. The standard InChI is InChI=1S/C18H34O2/c1-16(19)20-17-12-8-5-4-6-10-14-18(2,3)15-11-7-9-13-17/h17H,4-15H2,1-3H3. The molecule has 0 amide bonds. The molecule has 1 atom stereocenters. The van der Waals surface area contributed by atoms with Gasteiger partial charge in [-0.15, -0.1) is 0 Å². The Bertz CT molecular complexity index is 271. The molecule has 0 spiro atoms. The summed E-state index contributed by atoms with van der Waals surface area (Å²) in [5, 5.41) is 0. The van der Waals surface area contributed by atoms with Gasteiger partial charge >= 0.3 is 5.97 Å². The molecule has 2 nitrogen and oxygen atoms in total. The first-order valence-electron chi connectivity index (χ1n) is 8.67. The minimum Gasteiger partial charge on any atom is -0.463 e. The fourth-order valence-electron chi connectivity index (χ4n) is 3.28. The van der Waals surface area contributed by atoms with Gasteiger partial charge in [-0.1, -0.05) is 52.4 Å². The zero-order valence-electron chi connectivity index (χ0n) is 13.9. The van der Waals surface area contributed by atoms with Gasteiger partial charge in [-0.05, 0) is 43.9 Å². The number of carbonyl (C=O) groups is 1. The van der Waals surface area contributed by atoms with E-state index in [0.29, 0.717) is 5.41 Å². The molecule has 0 bridgehead atoms. The second-order valence-corrected chi connectivity index (χ2v) is 7.30. The molecule has 118 valence electrons. The summed E-state index contributed by atoms with van der Waals surface area (Å²) in [5.74, 6) is -0.114. The highest BCUT2D eigenvalue weighted by Gasteiger charge is 2.17. The van der Waals surface area contributed by atoms with E-state index in [-0.39, 0.29) is 12.1 Å². The summed E-state index contributed by atoms with van der Waals surface area (Å²) in [6.07, 6.45) is 15.4. The van der Waals surface area contributed by atoms with Crippen LogP contribution >= 0.6 is 0 Å². The first-order valence-corrected chi connectivity index (χ1v) is 8.67. The van der Waals surface area contributed by atoms with E-state index in [0.717, 1.165) is 12.8 Å². The third kappa shape index (κ3) is 8.60. The van der Waals surface area contributed by atoms with Crippen molar-refractivity contribution in [2.45, 2.75) is 104 Å². The summed E-state index contributed by atoms with van der Waals surface area (Å²) in [5.41, 5.74) is 0.513. The number of ether oxygens (including phenoxy) is 1. The van der Waals surface area contributed by atoms with Crippen LogP contribution in [0.5, 0.6) is 0 Å². The second kappa shape index (κ2) is 9.41. The van der Waals surface area contributed by atoms with Crippen LogP contribution in [-0.4, -0.2) is 12.1 Å². The molecule has 0 N–H and O–H groups in total. The summed E-state index contributed by atoms with van der Waals surface area (Å²) in [7, 11) is 0. The molecule has 0 heterocycles. The van der Waals surface area contributed by atoms with E-state index in [4.69, 9.17) is 4.74 Å². The predicted molar refractivity (Wildman–Crippen MR) is 84.7 cm³/mol. The van der Waals surface area contributed by atoms with Crippen molar-refractivity contribution in [3.63, 3.8) is 0 Å². The summed E-state index contributed by atoms with van der Waals surface area (Å²) in [6.45, 7) is 6.37. The van der Waals surface area contributed by atoms with Crippen LogP contribution in [0.25, 0.3) is 0 Å². The summed E-state index contributed by atoms with van der Waals surface area (Å²) < 4.78 is 5.45. The van der Waals surface area contributed by atoms with E-state index in [1.165, 1.54) is 71.1 Å². The van der Waals surface area contributed by atoms with Gasteiger partial charge in [0.2, 0.25) is 0 Å². The molecule has 2 heteroatoms. The molecular weight excluding hydrogens is 248 g/mol. The molecule has 20 heavy (non-hydrogen) atoms. The third-order valence-corrected chi connectivity index (χ3v) is 4.59. The van der Waals surface area contributed by atoms with E-state index < -0.39 is 0 Å². The van der Waals surface area contributed by atoms with Crippen molar-refractivity contribution >= 4 is 5.97 Å². The van der Waals surface area contributed by atoms with Gasteiger partial charge < -0.3 is 4.74 Å². The molecule has 1 fully saturated rings. The quantitative estimate of drug-likeness (QED) is 0.582. The van der Waals surface area contributed by atoms with Gasteiger partial charge in [-0.2, -0.15) is 0 Å². The largest absolute Gasteiger partial charge is 0.463 e. The lowest BCUT2D eigenvalue weighted by Crippen LogP contribution is -2.17. The Hall–Kier alpha value is -0.530. The highest BCUT2D eigenvalue weighted by molar-refractivity contribution is 5.66. The fraction of sp³-hybridized carbons (Fsp3) is 0.944. The number of rotatable bonds is 1. The summed E-state index contributed by atoms with van der Waals surface area (Å²) in [4.78, 5) is 11.2. The van der Waals surface area contributed by atoms with Gasteiger partial charge in [-0.3, -0.25) is 4.79 Å². The Kier molecular flexibility index (Phi) is 8.25. The molecule has 1 rings (SSSR count). The maximum Gasteiger partial charge on any atom is 0.302 e. The van der Waals surface area contributed by atoms with Gasteiger partial charge in [0.15, 0.2) is 0 Å². The number of esters is 1. The average molecular weight is 282 g/mol. The van der Waals surface area contributed by atoms with Crippen LogP contribution in [0.15, 0.2) is 0 Å². The highest BCUT2D eigenvalue weighted by atomic mass is 16.5. The van der Waals surface area contributed by atoms with Crippen molar-refractivity contribution in [3.05, 3.63) is 0 Å². The summed E-state index contributed by atoms with van der Waals surface area (Å²) in [6, 6.07) is 0.